The maximum absolute atomic E-state index is 4.09. The Morgan fingerprint density at radius 1 is 1.56 bits per heavy atom. The molecular weight excluding hydrogens is 130 g/mol. The van der Waals surface area contributed by atoms with Gasteiger partial charge in [-0.2, -0.15) is 0 Å². The molecule has 1 nitrogen and oxygen atoms in total. The third-order valence-corrected chi connectivity index (χ3v) is 2.33. The molecule has 0 fully saturated rings. The molecule has 0 atom stereocenters. The second kappa shape index (κ2) is 1.95. The van der Waals surface area contributed by atoms with Crippen molar-refractivity contribution in [1.82, 2.24) is 4.37 Å². The lowest BCUT2D eigenvalue weighted by molar-refractivity contribution is 0.992. The molecule has 2 heteroatoms. The molecule has 0 saturated carbocycles. The lowest BCUT2D eigenvalue weighted by Gasteiger charge is -1.99. The van der Waals surface area contributed by atoms with Crippen LogP contribution in [0.1, 0.15) is 16.9 Å². The minimum atomic E-state index is 1.18. The van der Waals surface area contributed by atoms with Crippen molar-refractivity contribution in [2.45, 2.75) is 12.8 Å². The Balaban J connectivity index is 2.53. The second-order valence-corrected chi connectivity index (χ2v) is 2.99. The van der Waals surface area contributed by atoms with Crippen LogP contribution in [0, 0.1) is 0 Å². The highest BCUT2D eigenvalue weighted by Gasteiger charge is 2.04. The highest BCUT2D eigenvalue weighted by atomic mass is 32.1. The number of rotatable bonds is 0. The molecule has 0 aromatic carbocycles. The Bertz CT molecular complexity index is 237. The van der Waals surface area contributed by atoms with Gasteiger partial charge in [0.25, 0.3) is 0 Å². The molecule has 1 aromatic heterocycles. The van der Waals surface area contributed by atoms with Crippen molar-refractivity contribution in [3.8, 4) is 0 Å². The lowest BCUT2D eigenvalue weighted by Crippen LogP contribution is -1.86. The minimum absolute atomic E-state index is 1.18. The van der Waals surface area contributed by atoms with Gasteiger partial charge in [-0.1, -0.05) is 6.08 Å². The zero-order valence-electron chi connectivity index (χ0n) is 5.00. The number of aryl methyl sites for hydroxylation is 1. The third-order valence-electron chi connectivity index (χ3n) is 1.53. The van der Waals surface area contributed by atoms with Gasteiger partial charge < -0.3 is 0 Å². The summed E-state index contributed by atoms with van der Waals surface area (Å²) < 4.78 is 4.09. The summed E-state index contributed by atoms with van der Waals surface area (Å²) in [6, 6.07) is 0. The molecule has 1 aromatic rings. The van der Waals surface area contributed by atoms with Crippen LogP contribution < -0.4 is 0 Å². The molecule has 1 aliphatic carbocycles. The van der Waals surface area contributed by atoms with E-state index in [4.69, 9.17) is 0 Å². The Morgan fingerprint density at radius 3 is 3.44 bits per heavy atom. The smallest absolute Gasteiger partial charge is 0.0506 e. The van der Waals surface area contributed by atoms with Gasteiger partial charge in [-0.3, -0.25) is 0 Å². The highest BCUT2D eigenvalue weighted by Crippen LogP contribution is 2.21. The fourth-order valence-corrected chi connectivity index (χ4v) is 1.75. The van der Waals surface area contributed by atoms with Gasteiger partial charge in [0.15, 0.2) is 0 Å². The second-order valence-electron chi connectivity index (χ2n) is 2.16. The van der Waals surface area contributed by atoms with Crippen LogP contribution in [0.15, 0.2) is 12.3 Å². The highest BCUT2D eigenvalue weighted by molar-refractivity contribution is 7.06. The normalized spacial score (nSPS) is 15.6. The van der Waals surface area contributed by atoms with Crippen molar-refractivity contribution in [1.29, 1.82) is 0 Å². The molecule has 0 saturated heterocycles. The van der Waals surface area contributed by atoms with Gasteiger partial charge in [-0.15, -0.1) is 0 Å². The van der Waals surface area contributed by atoms with Crippen molar-refractivity contribution in [3.63, 3.8) is 0 Å². The Hall–Kier alpha value is -0.630. The number of hydrogen-bond acceptors (Lipinski definition) is 2. The number of fused-ring (bicyclic) bond motifs is 1. The first-order valence-electron chi connectivity index (χ1n) is 3.07. The van der Waals surface area contributed by atoms with Crippen molar-refractivity contribution in [2.75, 3.05) is 0 Å². The summed E-state index contributed by atoms with van der Waals surface area (Å²) in [5, 5.41) is 0. The third kappa shape index (κ3) is 0.793. The van der Waals surface area contributed by atoms with Crippen LogP contribution in [-0.2, 0) is 6.42 Å². The van der Waals surface area contributed by atoms with E-state index in [0.717, 1.165) is 0 Å². The predicted octanol–water partition coefficient (Wildman–Crippen LogP) is 2.10. The van der Waals surface area contributed by atoms with Crippen LogP contribution in [0.5, 0.6) is 0 Å². The Kier molecular flexibility index (Phi) is 1.12. The Morgan fingerprint density at radius 2 is 2.56 bits per heavy atom. The van der Waals surface area contributed by atoms with E-state index in [1.54, 1.807) is 11.5 Å². The average molecular weight is 137 g/mol. The van der Waals surface area contributed by atoms with Crippen LogP contribution in [0.3, 0.4) is 0 Å². The van der Waals surface area contributed by atoms with Gasteiger partial charge in [0.1, 0.15) is 0 Å². The number of nitrogens with zero attached hydrogens (tertiary/aromatic N) is 1. The minimum Gasteiger partial charge on any atom is -0.200 e. The summed E-state index contributed by atoms with van der Waals surface area (Å²) in [7, 11) is 0. The molecule has 9 heavy (non-hydrogen) atoms. The first-order chi connectivity index (χ1) is 4.47. The van der Waals surface area contributed by atoms with E-state index in [1.807, 2.05) is 6.20 Å². The molecule has 1 aliphatic rings. The van der Waals surface area contributed by atoms with E-state index in [0.29, 0.717) is 0 Å². The van der Waals surface area contributed by atoms with Gasteiger partial charge in [0, 0.05) is 6.20 Å². The molecule has 0 bridgehead atoms. The van der Waals surface area contributed by atoms with Crippen LogP contribution >= 0.6 is 11.5 Å². The first kappa shape index (κ1) is 5.18. The molecule has 0 N–H and O–H groups in total. The largest absolute Gasteiger partial charge is 0.200 e. The average Bonchev–Trinajstić information content (AvgIpc) is 2.33. The standard InChI is InChI=1S/C7H7NS/c1-2-4-7-6(3-1)5-8-9-7/h2,4-5H,1,3H2. The number of allylic oxidation sites excluding steroid dienone is 1. The van der Waals surface area contributed by atoms with E-state index >= 15 is 0 Å². The number of aromatic nitrogens is 1. The van der Waals surface area contributed by atoms with Crippen LogP contribution in [0.2, 0.25) is 0 Å². The number of hydrogen-bond donors (Lipinski definition) is 0. The van der Waals surface area contributed by atoms with Crippen molar-refractivity contribution >= 4 is 17.6 Å². The zero-order chi connectivity index (χ0) is 6.10. The fraction of sp³-hybridized carbons (Fsp3) is 0.286. The monoisotopic (exact) mass is 137 g/mol. The fourth-order valence-electron chi connectivity index (χ4n) is 1.02. The molecule has 0 spiro atoms. The van der Waals surface area contributed by atoms with Gasteiger partial charge in [0.2, 0.25) is 0 Å². The van der Waals surface area contributed by atoms with Gasteiger partial charge in [-0.05, 0) is 36.0 Å². The Labute approximate surface area is 58.2 Å². The molecule has 2 rings (SSSR count). The molecule has 46 valence electrons. The maximum atomic E-state index is 4.09. The van der Waals surface area contributed by atoms with Crippen LogP contribution in [0.4, 0.5) is 0 Å². The lowest BCUT2D eigenvalue weighted by atomic mass is 10.1. The summed E-state index contributed by atoms with van der Waals surface area (Å²) in [5.74, 6) is 0. The van der Waals surface area contributed by atoms with Gasteiger partial charge in [-0.25, -0.2) is 4.37 Å². The van der Waals surface area contributed by atoms with Crippen molar-refractivity contribution in [3.05, 3.63) is 22.7 Å². The van der Waals surface area contributed by atoms with Crippen molar-refractivity contribution in [2.24, 2.45) is 0 Å². The zero-order valence-corrected chi connectivity index (χ0v) is 5.82. The van der Waals surface area contributed by atoms with Crippen molar-refractivity contribution < 1.29 is 0 Å². The van der Waals surface area contributed by atoms with E-state index in [1.165, 1.54) is 23.3 Å². The van der Waals surface area contributed by atoms with E-state index < -0.39 is 0 Å². The summed E-state index contributed by atoms with van der Waals surface area (Å²) in [4.78, 5) is 1.35. The molecule has 0 unspecified atom stereocenters. The summed E-state index contributed by atoms with van der Waals surface area (Å²) in [6.45, 7) is 0. The van der Waals surface area contributed by atoms with Gasteiger partial charge >= 0.3 is 0 Å². The maximum Gasteiger partial charge on any atom is 0.0506 e. The van der Waals surface area contributed by atoms with E-state index in [2.05, 4.69) is 16.5 Å². The van der Waals surface area contributed by atoms with E-state index in [9.17, 15) is 0 Å². The topological polar surface area (TPSA) is 12.9 Å². The predicted molar refractivity (Wildman–Crippen MR) is 39.5 cm³/mol. The van der Waals surface area contributed by atoms with E-state index in [-0.39, 0.29) is 0 Å². The molecular formula is C7H7NS. The summed E-state index contributed by atoms with van der Waals surface area (Å²) >= 11 is 1.59. The quantitative estimate of drug-likeness (QED) is 0.533. The van der Waals surface area contributed by atoms with Gasteiger partial charge in [0.05, 0.1) is 4.88 Å². The SMILES string of the molecule is C1=Cc2sncc2CC1. The molecule has 0 amide bonds. The summed E-state index contributed by atoms with van der Waals surface area (Å²) in [6.07, 6.45) is 8.72. The molecule has 0 aliphatic heterocycles. The van der Waals surface area contributed by atoms with Crippen LogP contribution in [0.25, 0.3) is 6.08 Å². The molecule has 0 radical (unpaired) electrons. The molecule has 1 heterocycles. The van der Waals surface area contributed by atoms with Crippen LogP contribution in [-0.4, -0.2) is 4.37 Å². The first-order valence-corrected chi connectivity index (χ1v) is 3.84. The summed E-state index contributed by atoms with van der Waals surface area (Å²) in [5.41, 5.74) is 1.42.